The molecular weight excluding hydrogens is 336 g/mol. The van der Waals surface area contributed by atoms with E-state index in [0.29, 0.717) is 12.5 Å². The van der Waals surface area contributed by atoms with Crippen LogP contribution >= 0.6 is 0 Å². The minimum absolute atomic E-state index is 0.164. The number of aryl methyl sites for hydroxylation is 1. The van der Waals surface area contributed by atoms with Gasteiger partial charge in [0.15, 0.2) is 0 Å². The first kappa shape index (κ1) is 20.1. The lowest BCUT2D eigenvalue weighted by Crippen LogP contribution is -2.42. The molecule has 0 N–H and O–H groups in total. The lowest BCUT2D eigenvalue weighted by atomic mass is 9.95. The van der Waals surface area contributed by atoms with Gasteiger partial charge in [-0.2, -0.15) is 0 Å². The second-order valence-electron chi connectivity index (χ2n) is 8.45. The molecule has 27 heavy (non-hydrogen) atoms. The summed E-state index contributed by atoms with van der Waals surface area (Å²) in [5.74, 6) is 3.23. The molecular formula is C22H36N4O. The van der Waals surface area contributed by atoms with Gasteiger partial charge in [0.05, 0.1) is 12.2 Å². The quantitative estimate of drug-likeness (QED) is 0.753. The third kappa shape index (κ3) is 4.61. The number of carbonyl (C=O) groups is 1. The highest BCUT2D eigenvalue weighted by molar-refractivity contribution is 5.79. The van der Waals surface area contributed by atoms with Crippen LogP contribution in [0.25, 0.3) is 0 Å². The number of hydrogen-bond donors (Lipinski definition) is 0. The monoisotopic (exact) mass is 372 g/mol. The van der Waals surface area contributed by atoms with Crippen molar-refractivity contribution < 1.29 is 4.79 Å². The number of rotatable bonds is 6. The molecule has 0 aromatic carbocycles. The van der Waals surface area contributed by atoms with E-state index in [1.165, 1.54) is 18.4 Å². The Balaban J connectivity index is 1.80. The Morgan fingerprint density at radius 3 is 2.59 bits per heavy atom. The van der Waals surface area contributed by atoms with Crippen LogP contribution in [0.1, 0.15) is 76.4 Å². The van der Waals surface area contributed by atoms with Crippen molar-refractivity contribution in [1.82, 2.24) is 14.9 Å². The van der Waals surface area contributed by atoms with Crippen LogP contribution in [0.4, 0.5) is 5.82 Å². The predicted molar refractivity (Wildman–Crippen MR) is 110 cm³/mol. The fraction of sp³-hybridized carbons (Fsp3) is 0.773. The summed E-state index contributed by atoms with van der Waals surface area (Å²) in [5.41, 5.74) is 2.35. The molecule has 0 radical (unpaired) electrons. The maximum Gasteiger partial charge on any atom is 0.225 e. The SMILES string of the molecule is CCCCC(CC)C(=O)N1CCc2nc(C)nc(N3CCC(C)CC3)c2C1. The molecule has 0 saturated carbocycles. The highest BCUT2D eigenvalue weighted by Crippen LogP contribution is 2.31. The lowest BCUT2D eigenvalue weighted by Gasteiger charge is -2.36. The van der Waals surface area contributed by atoms with Gasteiger partial charge >= 0.3 is 0 Å². The van der Waals surface area contributed by atoms with Crippen molar-refractivity contribution in [3.8, 4) is 0 Å². The first-order valence-corrected chi connectivity index (χ1v) is 10.9. The van der Waals surface area contributed by atoms with E-state index in [0.717, 1.165) is 75.0 Å². The number of anilines is 1. The highest BCUT2D eigenvalue weighted by atomic mass is 16.2. The van der Waals surface area contributed by atoms with Gasteiger partial charge in [0.1, 0.15) is 11.6 Å². The van der Waals surface area contributed by atoms with Gasteiger partial charge in [-0.05, 0) is 38.5 Å². The van der Waals surface area contributed by atoms with Crippen molar-refractivity contribution in [2.75, 3.05) is 24.5 Å². The third-order valence-electron chi connectivity index (χ3n) is 6.29. The molecule has 1 aromatic heterocycles. The van der Waals surface area contributed by atoms with Gasteiger partial charge in [0, 0.05) is 37.5 Å². The van der Waals surface area contributed by atoms with E-state index < -0.39 is 0 Å². The Bertz CT molecular complexity index is 652. The molecule has 2 aliphatic heterocycles. The third-order valence-corrected chi connectivity index (χ3v) is 6.29. The zero-order valence-electron chi connectivity index (χ0n) is 17.6. The summed E-state index contributed by atoms with van der Waals surface area (Å²) in [4.78, 5) is 27.1. The van der Waals surface area contributed by atoms with Gasteiger partial charge in [0.2, 0.25) is 5.91 Å². The molecule has 0 spiro atoms. The number of carbonyl (C=O) groups excluding carboxylic acids is 1. The topological polar surface area (TPSA) is 49.3 Å². The van der Waals surface area contributed by atoms with Crippen molar-refractivity contribution in [3.05, 3.63) is 17.1 Å². The van der Waals surface area contributed by atoms with E-state index in [1.54, 1.807) is 0 Å². The van der Waals surface area contributed by atoms with Crippen molar-refractivity contribution in [1.29, 1.82) is 0 Å². The van der Waals surface area contributed by atoms with Gasteiger partial charge in [-0.25, -0.2) is 9.97 Å². The summed E-state index contributed by atoms with van der Waals surface area (Å²) in [6.07, 6.45) is 7.52. The smallest absolute Gasteiger partial charge is 0.225 e. The van der Waals surface area contributed by atoms with Crippen LogP contribution in [-0.2, 0) is 17.8 Å². The minimum atomic E-state index is 0.164. The molecule has 0 aliphatic carbocycles. The number of piperidine rings is 1. The van der Waals surface area contributed by atoms with Crippen molar-refractivity contribution in [2.24, 2.45) is 11.8 Å². The zero-order chi connectivity index (χ0) is 19.4. The van der Waals surface area contributed by atoms with Crippen molar-refractivity contribution >= 4 is 11.7 Å². The largest absolute Gasteiger partial charge is 0.356 e. The summed E-state index contributed by atoms with van der Waals surface area (Å²) in [6, 6.07) is 0. The van der Waals surface area contributed by atoms with Crippen LogP contribution in [0.3, 0.4) is 0 Å². The van der Waals surface area contributed by atoms with Crippen LogP contribution < -0.4 is 4.90 Å². The first-order valence-electron chi connectivity index (χ1n) is 10.9. The van der Waals surface area contributed by atoms with E-state index in [1.807, 2.05) is 6.92 Å². The Hall–Kier alpha value is -1.65. The highest BCUT2D eigenvalue weighted by Gasteiger charge is 2.30. The van der Waals surface area contributed by atoms with E-state index in [-0.39, 0.29) is 5.92 Å². The molecule has 5 heteroatoms. The van der Waals surface area contributed by atoms with Crippen LogP contribution in [0.15, 0.2) is 0 Å². The summed E-state index contributed by atoms with van der Waals surface area (Å²) >= 11 is 0. The number of hydrogen-bond acceptors (Lipinski definition) is 4. The van der Waals surface area contributed by atoms with E-state index >= 15 is 0 Å². The summed E-state index contributed by atoms with van der Waals surface area (Å²) in [5, 5.41) is 0. The molecule has 3 heterocycles. The molecule has 1 atom stereocenters. The molecule has 1 fully saturated rings. The number of amides is 1. The standard InChI is InChI=1S/C22H36N4O/c1-5-7-8-18(6-2)22(27)26-14-11-20-19(15-26)21(24-17(4)23-20)25-12-9-16(3)10-13-25/h16,18H,5-15H2,1-4H3. The molecule has 150 valence electrons. The lowest BCUT2D eigenvalue weighted by molar-refractivity contribution is -0.136. The first-order chi connectivity index (χ1) is 13.0. The molecule has 2 aliphatic rings. The predicted octanol–water partition coefficient (Wildman–Crippen LogP) is 4.12. The number of aromatic nitrogens is 2. The Labute approximate surface area is 164 Å². The van der Waals surface area contributed by atoms with Gasteiger partial charge in [0.25, 0.3) is 0 Å². The van der Waals surface area contributed by atoms with Gasteiger partial charge in [-0.1, -0.05) is 33.6 Å². The number of unbranched alkanes of at least 4 members (excludes halogenated alkanes) is 1. The van der Waals surface area contributed by atoms with Crippen LogP contribution in [0.2, 0.25) is 0 Å². The summed E-state index contributed by atoms with van der Waals surface area (Å²) < 4.78 is 0. The van der Waals surface area contributed by atoms with Crippen molar-refractivity contribution in [2.45, 2.75) is 79.2 Å². The van der Waals surface area contributed by atoms with E-state index in [4.69, 9.17) is 9.97 Å². The van der Waals surface area contributed by atoms with Gasteiger partial charge < -0.3 is 9.80 Å². The number of fused-ring (bicyclic) bond motifs is 1. The van der Waals surface area contributed by atoms with E-state index in [9.17, 15) is 4.79 Å². The molecule has 3 rings (SSSR count). The second kappa shape index (κ2) is 9.03. The fourth-order valence-corrected chi connectivity index (χ4v) is 4.40. The number of nitrogens with zero attached hydrogens (tertiary/aromatic N) is 4. The van der Waals surface area contributed by atoms with Crippen molar-refractivity contribution in [3.63, 3.8) is 0 Å². The van der Waals surface area contributed by atoms with Gasteiger partial charge in [-0.15, -0.1) is 0 Å². The average molecular weight is 373 g/mol. The zero-order valence-corrected chi connectivity index (χ0v) is 17.6. The maximum absolute atomic E-state index is 13.1. The fourth-order valence-electron chi connectivity index (χ4n) is 4.40. The molecule has 1 unspecified atom stereocenters. The summed E-state index contributed by atoms with van der Waals surface area (Å²) in [7, 11) is 0. The Morgan fingerprint density at radius 2 is 1.93 bits per heavy atom. The second-order valence-corrected chi connectivity index (χ2v) is 8.45. The Morgan fingerprint density at radius 1 is 1.19 bits per heavy atom. The van der Waals surface area contributed by atoms with Gasteiger partial charge in [-0.3, -0.25) is 4.79 Å². The average Bonchev–Trinajstić information content (AvgIpc) is 2.68. The normalized spacial score (nSPS) is 19.1. The van der Waals surface area contributed by atoms with Crippen LogP contribution in [0.5, 0.6) is 0 Å². The maximum atomic E-state index is 13.1. The molecule has 0 bridgehead atoms. The Kier molecular flexibility index (Phi) is 6.72. The minimum Gasteiger partial charge on any atom is -0.356 e. The molecule has 5 nitrogen and oxygen atoms in total. The molecule has 1 saturated heterocycles. The summed E-state index contributed by atoms with van der Waals surface area (Å²) in [6.45, 7) is 12.3. The molecule has 1 amide bonds. The van der Waals surface area contributed by atoms with Crippen LogP contribution in [-0.4, -0.2) is 40.4 Å². The molecule has 1 aromatic rings. The van der Waals surface area contributed by atoms with E-state index in [2.05, 4.69) is 30.6 Å². The van der Waals surface area contributed by atoms with Crippen LogP contribution in [0, 0.1) is 18.8 Å².